The normalized spacial score (nSPS) is 10.4. The van der Waals surface area contributed by atoms with E-state index in [-0.39, 0.29) is 6.54 Å². The number of hydrogen-bond donors (Lipinski definition) is 1. The Kier molecular flexibility index (Phi) is 4.20. The summed E-state index contributed by atoms with van der Waals surface area (Å²) in [5, 5.41) is 0. The Hall–Kier alpha value is -2.14. The van der Waals surface area contributed by atoms with Crippen LogP contribution in [0, 0.1) is 11.6 Å². The van der Waals surface area contributed by atoms with Crippen molar-refractivity contribution in [2.45, 2.75) is 6.54 Å². The fourth-order valence-electron chi connectivity index (χ4n) is 2.06. The molecule has 2 aromatic carbocycles. The molecule has 5 heteroatoms. The molecule has 2 aromatic rings. The molecule has 0 radical (unpaired) electrons. The van der Waals surface area contributed by atoms with Crippen molar-refractivity contribution in [2.24, 2.45) is 5.73 Å². The van der Waals surface area contributed by atoms with E-state index in [1.54, 1.807) is 12.1 Å². The van der Waals surface area contributed by atoms with Gasteiger partial charge in [-0.1, -0.05) is 0 Å². The maximum absolute atomic E-state index is 13.4. The second-order valence-corrected chi connectivity index (χ2v) is 4.24. The number of nitrogens with two attached hydrogens (primary N) is 1. The van der Waals surface area contributed by atoms with Gasteiger partial charge in [-0.25, -0.2) is 8.78 Å². The van der Waals surface area contributed by atoms with Crippen molar-refractivity contribution in [1.29, 1.82) is 0 Å². The summed E-state index contributed by atoms with van der Waals surface area (Å²) in [5.74, 6) is -0.428. The fraction of sp³-hybridized carbons (Fsp3) is 0.200. The molecular weight excluding hydrogens is 264 g/mol. The molecule has 0 unspecified atom stereocenters. The van der Waals surface area contributed by atoms with Gasteiger partial charge in [-0.2, -0.15) is 0 Å². The number of halogens is 2. The van der Waals surface area contributed by atoms with E-state index in [0.717, 1.165) is 11.6 Å². The first-order valence-electron chi connectivity index (χ1n) is 6.00. The minimum Gasteiger partial charge on any atom is -0.493 e. The van der Waals surface area contributed by atoms with Crippen LogP contribution in [0.4, 0.5) is 8.78 Å². The van der Waals surface area contributed by atoms with Crippen LogP contribution < -0.4 is 15.2 Å². The van der Waals surface area contributed by atoms with Gasteiger partial charge in [0.1, 0.15) is 11.6 Å². The molecule has 0 spiro atoms. The Balaban J connectivity index is 2.70. The van der Waals surface area contributed by atoms with Crippen LogP contribution in [0.25, 0.3) is 11.1 Å². The molecular formula is C15H15F2NO2. The molecule has 0 bridgehead atoms. The van der Waals surface area contributed by atoms with Gasteiger partial charge in [0.25, 0.3) is 0 Å². The molecule has 3 nitrogen and oxygen atoms in total. The first-order chi connectivity index (χ1) is 9.58. The van der Waals surface area contributed by atoms with E-state index in [2.05, 4.69) is 0 Å². The monoisotopic (exact) mass is 279 g/mol. The predicted molar refractivity (Wildman–Crippen MR) is 72.8 cm³/mol. The summed E-state index contributed by atoms with van der Waals surface area (Å²) in [6.45, 7) is 0.283. The highest BCUT2D eigenvalue weighted by Gasteiger charge is 2.15. The molecule has 106 valence electrons. The van der Waals surface area contributed by atoms with Gasteiger partial charge in [-0.05, 0) is 35.4 Å². The van der Waals surface area contributed by atoms with Crippen LogP contribution in [0.15, 0.2) is 30.3 Å². The molecule has 0 aliphatic carbocycles. The van der Waals surface area contributed by atoms with E-state index in [9.17, 15) is 8.78 Å². The van der Waals surface area contributed by atoms with Crippen LogP contribution in [0.1, 0.15) is 5.56 Å². The summed E-state index contributed by atoms with van der Waals surface area (Å²) in [5.41, 5.74) is 7.31. The molecule has 2 rings (SSSR count). The van der Waals surface area contributed by atoms with Crippen LogP contribution in [0.2, 0.25) is 0 Å². The lowest BCUT2D eigenvalue weighted by atomic mass is 10.0. The van der Waals surface area contributed by atoms with Crippen LogP contribution in [0.3, 0.4) is 0 Å². The number of rotatable bonds is 4. The zero-order valence-corrected chi connectivity index (χ0v) is 11.2. The van der Waals surface area contributed by atoms with Crippen molar-refractivity contribution in [3.8, 4) is 22.6 Å². The Labute approximate surface area is 115 Å². The highest BCUT2D eigenvalue weighted by Crippen LogP contribution is 2.39. The predicted octanol–water partition coefficient (Wildman–Crippen LogP) is 3.11. The van der Waals surface area contributed by atoms with Gasteiger partial charge in [0.05, 0.1) is 14.2 Å². The van der Waals surface area contributed by atoms with Gasteiger partial charge in [-0.15, -0.1) is 0 Å². The highest BCUT2D eigenvalue weighted by atomic mass is 19.1. The SMILES string of the molecule is COc1cc(CN)cc(-c2cc(F)cc(F)c2)c1OC. The third-order valence-electron chi connectivity index (χ3n) is 2.95. The summed E-state index contributed by atoms with van der Waals surface area (Å²) < 4.78 is 37.3. The second-order valence-electron chi connectivity index (χ2n) is 4.24. The third-order valence-corrected chi connectivity index (χ3v) is 2.95. The van der Waals surface area contributed by atoms with Crippen molar-refractivity contribution in [3.63, 3.8) is 0 Å². The molecule has 0 aliphatic heterocycles. The summed E-state index contributed by atoms with van der Waals surface area (Å²) in [7, 11) is 2.97. The van der Waals surface area contributed by atoms with Gasteiger partial charge in [-0.3, -0.25) is 0 Å². The molecule has 20 heavy (non-hydrogen) atoms. The Morgan fingerprint density at radius 1 is 0.950 bits per heavy atom. The van der Waals surface area contributed by atoms with Crippen molar-refractivity contribution in [1.82, 2.24) is 0 Å². The first-order valence-corrected chi connectivity index (χ1v) is 6.00. The molecule has 0 aromatic heterocycles. The maximum atomic E-state index is 13.4. The molecule has 0 saturated heterocycles. The topological polar surface area (TPSA) is 44.5 Å². The van der Waals surface area contributed by atoms with Crippen LogP contribution in [-0.2, 0) is 6.54 Å². The van der Waals surface area contributed by atoms with E-state index in [1.807, 2.05) is 0 Å². The van der Waals surface area contributed by atoms with Gasteiger partial charge in [0.15, 0.2) is 11.5 Å². The van der Waals surface area contributed by atoms with Crippen molar-refractivity contribution < 1.29 is 18.3 Å². The summed E-state index contributed by atoms with van der Waals surface area (Å²) in [4.78, 5) is 0. The van der Waals surface area contributed by atoms with E-state index >= 15 is 0 Å². The van der Waals surface area contributed by atoms with Crippen molar-refractivity contribution in [3.05, 3.63) is 47.5 Å². The van der Waals surface area contributed by atoms with Gasteiger partial charge >= 0.3 is 0 Å². The Morgan fingerprint density at radius 2 is 1.60 bits per heavy atom. The molecule has 0 atom stereocenters. The Bertz CT molecular complexity index is 609. The van der Waals surface area contributed by atoms with Crippen molar-refractivity contribution >= 4 is 0 Å². The second kappa shape index (κ2) is 5.88. The lowest BCUT2D eigenvalue weighted by molar-refractivity contribution is 0.355. The summed E-state index contributed by atoms with van der Waals surface area (Å²) in [6.07, 6.45) is 0. The molecule has 0 saturated carbocycles. The van der Waals surface area contributed by atoms with E-state index in [0.29, 0.717) is 22.6 Å². The molecule has 2 N–H and O–H groups in total. The average Bonchev–Trinajstić information content (AvgIpc) is 2.44. The van der Waals surface area contributed by atoms with Crippen LogP contribution in [-0.4, -0.2) is 14.2 Å². The smallest absolute Gasteiger partial charge is 0.168 e. The zero-order valence-electron chi connectivity index (χ0n) is 11.2. The first kappa shape index (κ1) is 14.3. The molecule has 0 heterocycles. The van der Waals surface area contributed by atoms with E-state index in [1.165, 1.54) is 26.4 Å². The van der Waals surface area contributed by atoms with Crippen LogP contribution in [0.5, 0.6) is 11.5 Å². The minimum absolute atomic E-state index is 0.283. The quantitative estimate of drug-likeness (QED) is 0.935. The van der Waals surface area contributed by atoms with Gasteiger partial charge in [0.2, 0.25) is 0 Å². The van der Waals surface area contributed by atoms with E-state index in [4.69, 9.17) is 15.2 Å². The van der Waals surface area contributed by atoms with Gasteiger partial charge < -0.3 is 15.2 Å². The lowest BCUT2D eigenvalue weighted by Gasteiger charge is -2.15. The Morgan fingerprint density at radius 3 is 2.10 bits per heavy atom. The summed E-state index contributed by atoms with van der Waals surface area (Å²) >= 11 is 0. The number of ether oxygens (including phenoxy) is 2. The van der Waals surface area contributed by atoms with E-state index < -0.39 is 11.6 Å². The zero-order chi connectivity index (χ0) is 14.7. The lowest BCUT2D eigenvalue weighted by Crippen LogP contribution is -2.00. The summed E-state index contributed by atoms with van der Waals surface area (Å²) in [6, 6.07) is 6.76. The average molecular weight is 279 g/mol. The highest BCUT2D eigenvalue weighted by molar-refractivity contribution is 5.75. The number of hydrogen-bond acceptors (Lipinski definition) is 3. The maximum Gasteiger partial charge on any atom is 0.168 e. The minimum atomic E-state index is -0.654. The molecule has 0 amide bonds. The standard InChI is InChI=1S/C15H15F2NO2/c1-19-14-4-9(8-18)3-13(15(14)20-2)10-5-11(16)7-12(17)6-10/h3-7H,8,18H2,1-2H3. The van der Waals surface area contributed by atoms with Gasteiger partial charge in [0, 0.05) is 18.2 Å². The number of methoxy groups -OCH3 is 2. The largest absolute Gasteiger partial charge is 0.493 e. The molecule has 0 fully saturated rings. The third kappa shape index (κ3) is 2.72. The fourth-order valence-corrected chi connectivity index (χ4v) is 2.06. The van der Waals surface area contributed by atoms with Crippen molar-refractivity contribution in [2.75, 3.05) is 14.2 Å². The van der Waals surface area contributed by atoms with Crippen LogP contribution >= 0.6 is 0 Å². The molecule has 0 aliphatic rings. The number of benzene rings is 2.